The van der Waals surface area contributed by atoms with Gasteiger partial charge in [-0.3, -0.25) is 9.69 Å². The molecule has 110 valence electrons. The van der Waals surface area contributed by atoms with Crippen molar-refractivity contribution in [3.8, 4) is 0 Å². The maximum absolute atomic E-state index is 14.1. The molecular formula is C16H22FNO2. The molecule has 0 unspecified atom stereocenters. The Balaban J connectivity index is 2.07. The Kier molecular flexibility index (Phi) is 4.43. The van der Waals surface area contributed by atoms with Gasteiger partial charge in [-0.2, -0.15) is 0 Å². The fourth-order valence-corrected chi connectivity index (χ4v) is 2.60. The van der Waals surface area contributed by atoms with E-state index in [1.807, 2.05) is 6.07 Å². The number of carboxylic acids is 1. The number of nitrogens with zero attached hydrogens (tertiary/aromatic N) is 1. The Bertz CT molecular complexity index is 493. The lowest BCUT2D eigenvalue weighted by atomic mass is 9.85. The van der Waals surface area contributed by atoms with E-state index in [4.69, 9.17) is 5.11 Å². The summed E-state index contributed by atoms with van der Waals surface area (Å²) < 4.78 is 14.1. The molecule has 0 aliphatic carbocycles. The number of hydrogen-bond donors (Lipinski definition) is 1. The number of halogens is 1. The lowest BCUT2D eigenvalue weighted by molar-refractivity contribution is -0.146. The van der Waals surface area contributed by atoms with E-state index in [1.54, 1.807) is 19.9 Å². The number of likely N-dealkylation sites (tertiary alicyclic amines) is 1. The number of rotatable bonds is 5. The van der Waals surface area contributed by atoms with Gasteiger partial charge in [0.1, 0.15) is 5.82 Å². The Morgan fingerprint density at radius 2 is 2.00 bits per heavy atom. The van der Waals surface area contributed by atoms with Crippen LogP contribution >= 0.6 is 0 Å². The van der Waals surface area contributed by atoms with Crippen molar-refractivity contribution < 1.29 is 14.3 Å². The maximum atomic E-state index is 14.1. The first-order valence-corrected chi connectivity index (χ1v) is 7.11. The van der Waals surface area contributed by atoms with E-state index in [0.29, 0.717) is 18.5 Å². The first kappa shape index (κ1) is 15.0. The summed E-state index contributed by atoms with van der Waals surface area (Å²) in [6.45, 7) is 6.03. The zero-order valence-electron chi connectivity index (χ0n) is 12.2. The molecule has 0 aromatic heterocycles. The van der Waals surface area contributed by atoms with Crippen molar-refractivity contribution in [1.29, 1.82) is 0 Å². The molecule has 1 aromatic rings. The van der Waals surface area contributed by atoms with Gasteiger partial charge in [-0.15, -0.1) is 0 Å². The van der Waals surface area contributed by atoms with Crippen molar-refractivity contribution in [3.63, 3.8) is 0 Å². The molecule has 0 bridgehead atoms. The van der Waals surface area contributed by atoms with E-state index in [2.05, 4.69) is 4.90 Å². The Morgan fingerprint density at radius 1 is 1.35 bits per heavy atom. The Hall–Kier alpha value is -1.42. The zero-order valence-corrected chi connectivity index (χ0v) is 12.2. The molecule has 0 saturated carbocycles. The van der Waals surface area contributed by atoms with Crippen molar-refractivity contribution in [2.45, 2.75) is 39.7 Å². The molecule has 0 radical (unpaired) electrons. The smallest absolute Gasteiger partial charge is 0.309 e. The molecule has 1 aromatic carbocycles. The molecule has 1 fully saturated rings. The number of carbonyl (C=O) groups is 1. The summed E-state index contributed by atoms with van der Waals surface area (Å²) in [5.41, 5.74) is 0.562. The highest BCUT2D eigenvalue weighted by Crippen LogP contribution is 2.24. The van der Waals surface area contributed by atoms with Crippen molar-refractivity contribution >= 4 is 5.97 Å². The molecule has 1 heterocycles. The average Bonchev–Trinajstić information content (AvgIpc) is 2.85. The first-order valence-electron chi connectivity index (χ1n) is 7.11. The van der Waals surface area contributed by atoms with Gasteiger partial charge < -0.3 is 5.11 Å². The molecule has 0 amide bonds. The van der Waals surface area contributed by atoms with E-state index < -0.39 is 11.4 Å². The summed E-state index contributed by atoms with van der Waals surface area (Å²) in [5, 5.41) is 9.12. The van der Waals surface area contributed by atoms with E-state index in [1.165, 1.54) is 18.9 Å². The van der Waals surface area contributed by atoms with Gasteiger partial charge in [0, 0.05) is 12.1 Å². The van der Waals surface area contributed by atoms with Crippen molar-refractivity contribution in [1.82, 2.24) is 4.90 Å². The van der Waals surface area contributed by atoms with Crippen LogP contribution in [0.15, 0.2) is 18.2 Å². The highest BCUT2D eigenvalue weighted by molar-refractivity contribution is 5.74. The number of benzene rings is 1. The fourth-order valence-electron chi connectivity index (χ4n) is 2.60. The highest BCUT2D eigenvalue weighted by Gasteiger charge is 2.27. The van der Waals surface area contributed by atoms with Crippen LogP contribution in [0.5, 0.6) is 0 Å². The van der Waals surface area contributed by atoms with E-state index >= 15 is 0 Å². The molecule has 0 spiro atoms. The summed E-state index contributed by atoms with van der Waals surface area (Å²) in [6, 6.07) is 5.12. The number of aliphatic carboxylic acids is 1. The Morgan fingerprint density at radius 3 is 2.55 bits per heavy atom. The predicted octanol–water partition coefficient (Wildman–Crippen LogP) is 3.07. The van der Waals surface area contributed by atoms with Gasteiger partial charge in [0.15, 0.2) is 0 Å². The van der Waals surface area contributed by atoms with Crippen LogP contribution in [-0.2, 0) is 17.8 Å². The van der Waals surface area contributed by atoms with Crippen molar-refractivity contribution in [2.24, 2.45) is 5.41 Å². The molecule has 0 atom stereocenters. The highest BCUT2D eigenvalue weighted by atomic mass is 19.1. The standard InChI is InChI=1S/C16H22FNO2/c1-16(2,15(19)20)10-12-5-6-13(14(17)9-12)11-18-7-3-4-8-18/h5-6,9H,3-4,7-8,10-11H2,1-2H3,(H,19,20). The van der Waals surface area contributed by atoms with E-state index in [9.17, 15) is 9.18 Å². The largest absolute Gasteiger partial charge is 0.481 e. The van der Waals surface area contributed by atoms with E-state index in [0.717, 1.165) is 18.7 Å². The zero-order chi connectivity index (χ0) is 14.8. The number of carboxylic acid groups (broad SMARTS) is 1. The average molecular weight is 279 g/mol. The molecule has 3 nitrogen and oxygen atoms in total. The van der Waals surface area contributed by atoms with E-state index in [-0.39, 0.29) is 5.82 Å². The van der Waals surface area contributed by atoms with Crippen LogP contribution < -0.4 is 0 Å². The monoisotopic (exact) mass is 279 g/mol. The van der Waals surface area contributed by atoms with Crippen LogP contribution in [0.2, 0.25) is 0 Å². The lowest BCUT2D eigenvalue weighted by Crippen LogP contribution is -2.26. The summed E-state index contributed by atoms with van der Waals surface area (Å²) in [5.74, 6) is -1.09. The van der Waals surface area contributed by atoms with Crippen molar-refractivity contribution in [3.05, 3.63) is 35.1 Å². The minimum absolute atomic E-state index is 0.226. The van der Waals surface area contributed by atoms with Crippen LogP contribution in [0.1, 0.15) is 37.8 Å². The number of hydrogen-bond acceptors (Lipinski definition) is 2. The lowest BCUT2D eigenvalue weighted by Gasteiger charge is -2.20. The summed E-state index contributed by atoms with van der Waals surface area (Å²) in [6.07, 6.45) is 2.71. The van der Waals surface area contributed by atoms with Crippen LogP contribution in [0.4, 0.5) is 4.39 Å². The van der Waals surface area contributed by atoms with Crippen LogP contribution in [-0.4, -0.2) is 29.1 Å². The summed E-state index contributed by atoms with van der Waals surface area (Å²) >= 11 is 0. The SMILES string of the molecule is CC(C)(Cc1ccc(CN2CCCC2)c(F)c1)C(=O)O. The quantitative estimate of drug-likeness (QED) is 0.900. The van der Waals surface area contributed by atoms with Gasteiger partial charge in [0.05, 0.1) is 5.41 Å². The Labute approximate surface area is 119 Å². The van der Waals surface area contributed by atoms with Gasteiger partial charge in [-0.1, -0.05) is 12.1 Å². The maximum Gasteiger partial charge on any atom is 0.309 e. The summed E-state index contributed by atoms with van der Waals surface area (Å²) in [7, 11) is 0. The van der Waals surface area contributed by atoms with Crippen LogP contribution in [0.3, 0.4) is 0 Å². The third-order valence-electron chi connectivity index (χ3n) is 3.94. The molecule has 2 rings (SSSR count). The third-order valence-corrected chi connectivity index (χ3v) is 3.94. The molecule has 1 saturated heterocycles. The molecule has 1 aliphatic heterocycles. The molecule has 4 heteroatoms. The van der Waals surface area contributed by atoms with Crippen molar-refractivity contribution in [2.75, 3.05) is 13.1 Å². The molecule has 1 aliphatic rings. The topological polar surface area (TPSA) is 40.5 Å². The first-order chi connectivity index (χ1) is 9.38. The minimum atomic E-state index is -0.872. The van der Waals surface area contributed by atoms with Gasteiger partial charge in [0.25, 0.3) is 0 Å². The molecular weight excluding hydrogens is 257 g/mol. The van der Waals surface area contributed by atoms with Gasteiger partial charge in [-0.25, -0.2) is 4.39 Å². The summed E-state index contributed by atoms with van der Waals surface area (Å²) in [4.78, 5) is 13.4. The minimum Gasteiger partial charge on any atom is -0.481 e. The van der Waals surface area contributed by atoms with Gasteiger partial charge >= 0.3 is 5.97 Å². The second-order valence-electron chi connectivity index (χ2n) is 6.27. The second kappa shape index (κ2) is 5.92. The van der Waals surface area contributed by atoms with Gasteiger partial charge in [0.2, 0.25) is 0 Å². The predicted molar refractivity (Wildman–Crippen MR) is 76.0 cm³/mol. The van der Waals surface area contributed by atoms with Crippen LogP contribution in [0.25, 0.3) is 0 Å². The second-order valence-corrected chi connectivity index (χ2v) is 6.27. The third kappa shape index (κ3) is 3.57. The van der Waals surface area contributed by atoms with Gasteiger partial charge in [-0.05, 0) is 57.8 Å². The van der Waals surface area contributed by atoms with Crippen LogP contribution in [0, 0.1) is 11.2 Å². The fraction of sp³-hybridized carbons (Fsp3) is 0.562. The molecule has 1 N–H and O–H groups in total. The molecule has 20 heavy (non-hydrogen) atoms. The normalized spacial score (nSPS) is 16.6.